The summed E-state index contributed by atoms with van der Waals surface area (Å²) in [4.78, 5) is 38.7. The molecule has 164 valence electrons. The molecule has 2 amide bonds. The van der Waals surface area contributed by atoms with Crippen molar-refractivity contribution >= 4 is 35.2 Å². The first-order valence-electron chi connectivity index (χ1n) is 9.98. The standard InChI is InChI=1S/C25H24N2O4S/c1-27(2)24(29)17-32-22-11-7-6-10-21(22)25(30)31-16-23(28)26-20-14-12-19(13-15-20)18-8-4-3-5-9-18/h3-15H,16-17H2,1-2H3,(H,26,28). The van der Waals surface area contributed by atoms with Crippen LogP contribution in [0.25, 0.3) is 11.1 Å². The second-order valence-corrected chi connectivity index (χ2v) is 8.16. The van der Waals surface area contributed by atoms with Crippen molar-refractivity contribution in [1.82, 2.24) is 4.90 Å². The number of carbonyl (C=O) groups excluding carboxylic acids is 3. The third kappa shape index (κ3) is 6.46. The first kappa shape index (κ1) is 23.1. The molecule has 0 spiro atoms. The molecule has 1 N–H and O–H groups in total. The number of ether oxygens (including phenoxy) is 1. The maximum absolute atomic E-state index is 12.5. The lowest BCUT2D eigenvalue weighted by Crippen LogP contribution is -2.23. The maximum atomic E-state index is 12.5. The van der Waals surface area contributed by atoms with E-state index < -0.39 is 18.5 Å². The highest BCUT2D eigenvalue weighted by Crippen LogP contribution is 2.24. The number of nitrogens with one attached hydrogen (secondary N) is 1. The van der Waals surface area contributed by atoms with Gasteiger partial charge in [-0.1, -0.05) is 54.6 Å². The zero-order valence-corrected chi connectivity index (χ0v) is 18.7. The van der Waals surface area contributed by atoms with Crippen LogP contribution in [0.1, 0.15) is 10.4 Å². The van der Waals surface area contributed by atoms with Crippen LogP contribution in [0.5, 0.6) is 0 Å². The lowest BCUT2D eigenvalue weighted by molar-refractivity contribution is -0.125. The predicted molar refractivity (Wildman–Crippen MR) is 127 cm³/mol. The molecule has 3 aromatic carbocycles. The number of carbonyl (C=O) groups is 3. The topological polar surface area (TPSA) is 75.7 Å². The van der Waals surface area contributed by atoms with Crippen LogP contribution in [0.2, 0.25) is 0 Å². The lowest BCUT2D eigenvalue weighted by atomic mass is 10.1. The summed E-state index contributed by atoms with van der Waals surface area (Å²) in [5.41, 5.74) is 3.06. The van der Waals surface area contributed by atoms with Crippen LogP contribution < -0.4 is 5.32 Å². The fourth-order valence-electron chi connectivity index (χ4n) is 2.81. The molecule has 32 heavy (non-hydrogen) atoms. The monoisotopic (exact) mass is 448 g/mol. The van der Waals surface area contributed by atoms with E-state index in [4.69, 9.17) is 4.74 Å². The van der Waals surface area contributed by atoms with Gasteiger partial charge in [-0.3, -0.25) is 9.59 Å². The summed E-state index contributed by atoms with van der Waals surface area (Å²) in [5.74, 6) is -0.897. The van der Waals surface area contributed by atoms with Gasteiger partial charge >= 0.3 is 5.97 Å². The summed E-state index contributed by atoms with van der Waals surface area (Å²) in [5, 5.41) is 2.72. The first-order chi connectivity index (χ1) is 15.4. The SMILES string of the molecule is CN(C)C(=O)CSc1ccccc1C(=O)OCC(=O)Nc1ccc(-c2ccccc2)cc1. The third-order valence-electron chi connectivity index (χ3n) is 4.57. The molecule has 0 radical (unpaired) electrons. The Kier molecular flexibility index (Phi) is 8.05. The highest BCUT2D eigenvalue weighted by atomic mass is 32.2. The minimum absolute atomic E-state index is 0.0594. The highest BCUT2D eigenvalue weighted by Gasteiger charge is 2.16. The Balaban J connectivity index is 1.54. The number of thioether (sulfide) groups is 1. The largest absolute Gasteiger partial charge is 0.452 e. The van der Waals surface area contributed by atoms with Crippen LogP contribution in [0, 0.1) is 0 Å². The zero-order valence-electron chi connectivity index (χ0n) is 17.9. The third-order valence-corrected chi connectivity index (χ3v) is 5.63. The molecule has 3 rings (SSSR count). The number of benzene rings is 3. The quantitative estimate of drug-likeness (QED) is 0.410. The lowest BCUT2D eigenvalue weighted by Gasteiger charge is -2.12. The second kappa shape index (κ2) is 11.2. The number of esters is 1. The van der Waals surface area contributed by atoms with Crippen molar-refractivity contribution in [3.05, 3.63) is 84.4 Å². The van der Waals surface area contributed by atoms with Gasteiger partial charge in [0, 0.05) is 24.7 Å². The predicted octanol–water partition coefficient (Wildman–Crippen LogP) is 4.33. The van der Waals surface area contributed by atoms with E-state index in [1.54, 1.807) is 50.5 Å². The average Bonchev–Trinajstić information content (AvgIpc) is 2.82. The number of nitrogens with zero attached hydrogens (tertiary/aromatic N) is 1. The Morgan fingerprint density at radius 1 is 0.844 bits per heavy atom. The van der Waals surface area contributed by atoms with E-state index in [1.165, 1.54) is 16.7 Å². The molecule has 0 heterocycles. The van der Waals surface area contributed by atoms with E-state index in [1.807, 2.05) is 42.5 Å². The average molecular weight is 449 g/mol. The summed E-state index contributed by atoms with van der Waals surface area (Å²) in [6.45, 7) is -0.408. The zero-order chi connectivity index (χ0) is 22.9. The Bertz CT molecular complexity index is 1080. The van der Waals surface area contributed by atoms with Gasteiger partial charge in [0.25, 0.3) is 5.91 Å². The van der Waals surface area contributed by atoms with Gasteiger partial charge in [-0.25, -0.2) is 4.79 Å². The van der Waals surface area contributed by atoms with Gasteiger partial charge < -0.3 is 15.0 Å². The van der Waals surface area contributed by atoms with Crippen LogP contribution in [-0.2, 0) is 14.3 Å². The first-order valence-corrected chi connectivity index (χ1v) is 11.0. The van der Waals surface area contributed by atoms with Crippen molar-refractivity contribution in [2.75, 3.05) is 31.8 Å². The number of amides is 2. The Morgan fingerprint density at radius 3 is 2.16 bits per heavy atom. The highest BCUT2D eigenvalue weighted by molar-refractivity contribution is 8.00. The summed E-state index contributed by atoms with van der Waals surface area (Å²) in [6, 6.07) is 24.2. The summed E-state index contributed by atoms with van der Waals surface area (Å²) < 4.78 is 5.19. The molecule has 0 fully saturated rings. The molecule has 0 aliphatic rings. The van der Waals surface area contributed by atoms with Gasteiger partial charge in [0.1, 0.15) is 0 Å². The van der Waals surface area contributed by atoms with E-state index >= 15 is 0 Å². The van der Waals surface area contributed by atoms with Crippen molar-refractivity contribution in [3.8, 4) is 11.1 Å². The van der Waals surface area contributed by atoms with Crippen molar-refractivity contribution in [2.45, 2.75) is 4.90 Å². The molecule has 3 aromatic rings. The fourth-order valence-corrected chi connectivity index (χ4v) is 3.83. The van der Waals surface area contributed by atoms with Gasteiger partial charge in [-0.05, 0) is 35.4 Å². The molecule has 0 unspecified atom stereocenters. The van der Waals surface area contributed by atoms with Crippen LogP contribution in [0.4, 0.5) is 5.69 Å². The molecule has 0 aromatic heterocycles. The van der Waals surface area contributed by atoms with Crippen molar-refractivity contribution < 1.29 is 19.1 Å². The van der Waals surface area contributed by atoms with E-state index in [0.717, 1.165) is 11.1 Å². The van der Waals surface area contributed by atoms with Crippen LogP contribution in [-0.4, -0.2) is 49.1 Å². The molecular formula is C25H24N2O4S. The van der Waals surface area contributed by atoms with Gasteiger partial charge in [-0.15, -0.1) is 11.8 Å². The molecule has 7 heteroatoms. The number of hydrogen-bond acceptors (Lipinski definition) is 5. The molecule has 0 saturated heterocycles. The van der Waals surface area contributed by atoms with Crippen LogP contribution in [0.15, 0.2) is 83.8 Å². The van der Waals surface area contributed by atoms with Gasteiger partial charge in [0.15, 0.2) is 6.61 Å². The Labute approximate surface area is 191 Å². The van der Waals surface area contributed by atoms with E-state index in [2.05, 4.69) is 5.32 Å². The molecule has 0 aliphatic heterocycles. The minimum atomic E-state index is -0.611. The maximum Gasteiger partial charge on any atom is 0.339 e. The second-order valence-electron chi connectivity index (χ2n) is 7.14. The smallest absolute Gasteiger partial charge is 0.339 e. The summed E-state index contributed by atoms with van der Waals surface area (Å²) in [6.07, 6.45) is 0. The number of anilines is 1. The van der Waals surface area contributed by atoms with E-state index in [9.17, 15) is 14.4 Å². The summed E-state index contributed by atoms with van der Waals surface area (Å²) in [7, 11) is 3.35. The van der Waals surface area contributed by atoms with Crippen molar-refractivity contribution in [3.63, 3.8) is 0 Å². The van der Waals surface area contributed by atoms with Crippen LogP contribution >= 0.6 is 11.8 Å². The molecule has 0 saturated carbocycles. The minimum Gasteiger partial charge on any atom is -0.452 e. The molecule has 0 atom stereocenters. The Morgan fingerprint density at radius 2 is 1.47 bits per heavy atom. The van der Waals surface area contributed by atoms with E-state index in [-0.39, 0.29) is 11.7 Å². The molecule has 6 nitrogen and oxygen atoms in total. The number of hydrogen-bond donors (Lipinski definition) is 1. The van der Waals surface area contributed by atoms with Crippen molar-refractivity contribution in [2.24, 2.45) is 0 Å². The molecule has 0 bridgehead atoms. The van der Waals surface area contributed by atoms with Gasteiger partial charge in [-0.2, -0.15) is 0 Å². The normalized spacial score (nSPS) is 10.3. The van der Waals surface area contributed by atoms with Crippen LogP contribution in [0.3, 0.4) is 0 Å². The molecule has 0 aliphatic carbocycles. The van der Waals surface area contributed by atoms with E-state index in [0.29, 0.717) is 16.1 Å². The Hall–Kier alpha value is -3.58. The van der Waals surface area contributed by atoms with Gasteiger partial charge in [0.2, 0.25) is 5.91 Å². The number of rotatable bonds is 8. The van der Waals surface area contributed by atoms with Gasteiger partial charge in [0.05, 0.1) is 11.3 Å². The fraction of sp³-hybridized carbons (Fsp3) is 0.160. The molecular weight excluding hydrogens is 424 g/mol. The summed E-state index contributed by atoms with van der Waals surface area (Å²) >= 11 is 1.26. The van der Waals surface area contributed by atoms with Crippen molar-refractivity contribution in [1.29, 1.82) is 0 Å².